The molecule has 26 heavy (non-hydrogen) atoms. The largest absolute Gasteiger partial charge is 0.483 e. The van der Waals surface area contributed by atoms with E-state index >= 15 is 0 Å². The Morgan fingerprint density at radius 3 is 2.85 bits per heavy atom. The average molecular weight is 398 g/mol. The second-order valence-corrected chi connectivity index (χ2v) is 8.99. The van der Waals surface area contributed by atoms with Gasteiger partial charge in [0.05, 0.1) is 0 Å². The summed E-state index contributed by atoms with van der Waals surface area (Å²) in [5, 5.41) is 0. The number of fused-ring (bicyclic) bond motifs is 1. The smallest absolute Gasteiger partial charge is 0.260 e. The van der Waals surface area contributed by atoms with Crippen molar-refractivity contribution in [2.75, 3.05) is 19.7 Å². The molecule has 1 aromatic heterocycles. The molecule has 2 aromatic rings. The fourth-order valence-corrected chi connectivity index (χ4v) is 4.98. The summed E-state index contributed by atoms with van der Waals surface area (Å²) in [6.07, 6.45) is 0.776. The van der Waals surface area contributed by atoms with Crippen LogP contribution >= 0.6 is 11.3 Å². The van der Waals surface area contributed by atoms with Crippen LogP contribution < -0.4 is 9.46 Å². The summed E-state index contributed by atoms with van der Waals surface area (Å²) in [4.78, 5) is 14.6. The quantitative estimate of drug-likeness (QED) is 0.809. The van der Waals surface area contributed by atoms with Gasteiger partial charge < -0.3 is 9.64 Å². The van der Waals surface area contributed by atoms with E-state index in [1.165, 1.54) is 34.4 Å². The Morgan fingerprint density at radius 2 is 2.12 bits per heavy atom. The number of nitrogens with one attached hydrogen (secondary N) is 1. The first-order valence-corrected chi connectivity index (χ1v) is 10.5. The zero-order valence-corrected chi connectivity index (χ0v) is 15.8. The van der Waals surface area contributed by atoms with Crippen LogP contribution in [0, 0.1) is 5.82 Å². The molecule has 1 amide bonds. The van der Waals surface area contributed by atoms with Crippen molar-refractivity contribution in [3.05, 3.63) is 46.6 Å². The lowest BCUT2D eigenvalue weighted by molar-refractivity contribution is -0.133. The number of amides is 1. The van der Waals surface area contributed by atoms with Gasteiger partial charge in [0, 0.05) is 30.1 Å². The lowest BCUT2D eigenvalue weighted by atomic mass is 10.2. The third-order valence-electron chi connectivity index (χ3n) is 4.01. The molecule has 1 aliphatic rings. The SMILES string of the molecule is CCc1ccc(S(=O)(=O)NCCN2Cc3cc(F)ccc3OCC2=O)s1. The van der Waals surface area contributed by atoms with Crippen molar-refractivity contribution in [3.63, 3.8) is 0 Å². The van der Waals surface area contributed by atoms with E-state index in [4.69, 9.17) is 4.74 Å². The molecule has 140 valence electrons. The van der Waals surface area contributed by atoms with E-state index in [9.17, 15) is 17.6 Å². The molecule has 0 bridgehead atoms. The highest BCUT2D eigenvalue weighted by Crippen LogP contribution is 2.24. The van der Waals surface area contributed by atoms with Gasteiger partial charge in [0.2, 0.25) is 10.0 Å². The van der Waals surface area contributed by atoms with Crippen LogP contribution in [0.25, 0.3) is 0 Å². The maximum absolute atomic E-state index is 13.4. The Balaban J connectivity index is 1.64. The monoisotopic (exact) mass is 398 g/mol. The fourth-order valence-electron chi connectivity index (χ4n) is 2.62. The number of hydrogen-bond donors (Lipinski definition) is 1. The third-order valence-corrected chi connectivity index (χ3v) is 7.19. The molecule has 3 rings (SSSR count). The minimum atomic E-state index is -3.60. The number of carbonyl (C=O) groups excluding carboxylic acids is 1. The number of hydrogen-bond acceptors (Lipinski definition) is 5. The number of sulfonamides is 1. The molecule has 0 fully saturated rings. The number of benzene rings is 1. The standard InChI is InChI=1S/C17H19FN2O4S2/c1-2-14-4-6-17(25-14)26(22,23)19-7-8-20-10-12-9-13(18)3-5-15(12)24-11-16(20)21/h3-6,9,19H,2,7-8,10-11H2,1H3. The van der Waals surface area contributed by atoms with Crippen LogP contribution in [-0.4, -0.2) is 38.9 Å². The van der Waals surface area contributed by atoms with Crippen LogP contribution in [0.5, 0.6) is 5.75 Å². The lowest BCUT2D eigenvalue weighted by Crippen LogP contribution is -2.39. The van der Waals surface area contributed by atoms with Gasteiger partial charge in [-0.3, -0.25) is 4.79 Å². The van der Waals surface area contributed by atoms with Crippen molar-refractivity contribution in [2.24, 2.45) is 0 Å². The van der Waals surface area contributed by atoms with Gasteiger partial charge in [0.25, 0.3) is 5.91 Å². The van der Waals surface area contributed by atoms with Crippen molar-refractivity contribution in [1.82, 2.24) is 9.62 Å². The van der Waals surface area contributed by atoms with Gasteiger partial charge >= 0.3 is 0 Å². The predicted molar refractivity (Wildman–Crippen MR) is 96.2 cm³/mol. The second kappa shape index (κ2) is 7.73. The van der Waals surface area contributed by atoms with Crippen LogP contribution in [-0.2, 0) is 27.8 Å². The lowest BCUT2D eigenvalue weighted by Gasteiger charge is -2.20. The summed E-state index contributed by atoms with van der Waals surface area (Å²) in [6.45, 7) is 2.22. The summed E-state index contributed by atoms with van der Waals surface area (Å²) < 4.78 is 46.2. The molecule has 2 heterocycles. The maximum atomic E-state index is 13.4. The second-order valence-electron chi connectivity index (χ2n) is 5.83. The van der Waals surface area contributed by atoms with Crippen LogP contribution in [0.1, 0.15) is 17.4 Å². The van der Waals surface area contributed by atoms with Crippen molar-refractivity contribution in [3.8, 4) is 5.75 Å². The molecule has 0 saturated carbocycles. The Labute approximate surface area is 155 Å². The van der Waals surface area contributed by atoms with E-state index in [0.29, 0.717) is 11.3 Å². The summed E-state index contributed by atoms with van der Waals surface area (Å²) >= 11 is 1.23. The van der Waals surface area contributed by atoms with Gasteiger partial charge in [-0.2, -0.15) is 0 Å². The molecule has 0 aliphatic carbocycles. The molecule has 9 heteroatoms. The van der Waals surface area contributed by atoms with Crippen molar-refractivity contribution >= 4 is 27.3 Å². The number of carbonyl (C=O) groups is 1. The van der Waals surface area contributed by atoms with Crippen LogP contribution in [0.2, 0.25) is 0 Å². The Bertz CT molecular complexity index is 911. The maximum Gasteiger partial charge on any atom is 0.260 e. The molecule has 6 nitrogen and oxygen atoms in total. The molecule has 1 N–H and O–H groups in total. The van der Waals surface area contributed by atoms with E-state index in [2.05, 4.69) is 4.72 Å². The topological polar surface area (TPSA) is 75.7 Å². The summed E-state index contributed by atoms with van der Waals surface area (Å²) in [5.41, 5.74) is 0.560. The molecular formula is C17H19FN2O4S2. The summed E-state index contributed by atoms with van der Waals surface area (Å²) in [5.74, 6) is -0.217. The summed E-state index contributed by atoms with van der Waals surface area (Å²) in [6, 6.07) is 7.46. The predicted octanol–water partition coefficient (Wildman–Crippen LogP) is 2.15. The van der Waals surface area contributed by atoms with E-state index < -0.39 is 15.8 Å². The molecular weight excluding hydrogens is 379 g/mol. The van der Waals surface area contributed by atoms with Crippen LogP contribution in [0.15, 0.2) is 34.5 Å². The number of thiophene rings is 1. The summed E-state index contributed by atoms with van der Waals surface area (Å²) in [7, 11) is -3.60. The van der Waals surface area contributed by atoms with Gasteiger partial charge in [-0.25, -0.2) is 17.5 Å². The average Bonchev–Trinajstić information content (AvgIpc) is 3.04. The van der Waals surface area contributed by atoms with Crippen LogP contribution in [0.4, 0.5) is 4.39 Å². The van der Waals surface area contributed by atoms with Gasteiger partial charge in [0.1, 0.15) is 15.8 Å². The van der Waals surface area contributed by atoms with Crippen molar-refractivity contribution in [1.29, 1.82) is 0 Å². The Morgan fingerprint density at radius 1 is 1.31 bits per heavy atom. The normalized spacial score (nSPS) is 14.7. The first kappa shape index (κ1) is 18.8. The first-order chi connectivity index (χ1) is 12.4. The van der Waals surface area contributed by atoms with E-state index in [1.807, 2.05) is 6.92 Å². The fraction of sp³-hybridized carbons (Fsp3) is 0.353. The molecule has 0 radical (unpaired) electrons. The van der Waals surface area contributed by atoms with Crippen molar-refractivity contribution in [2.45, 2.75) is 24.1 Å². The molecule has 0 spiro atoms. The zero-order chi connectivity index (χ0) is 18.7. The zero-order valence-electron chi connectivity index (χ0n) is 14.2. The van der Waals surface area contributed by atoms with Crippen LogP contribution in [0.3, 0.4) is 0 Å². The molecule has 0 saturated heterocycles. The minimum Gasteiger partial charge on any atom is -0.483 e. The van der Waals surface area contributed by atoms with Gasteiger partial charge in [0.15, 0.2) is 6.61 Å². The third kappa shape index (κ3) is 4.22. The van der Waals surface area contributed by atoms with Gasteiger partial charge in [-0.05, 0) is 36.8 Å². The van der Waals surface area contributed by atoms with E-state index in [0.717, 1.165) is 11.3 Å². The van der Waals surface area contributed by atoms with E-state index in [1.54, 1.807) is 12.1 Å². The molecule has 1 aromatic carbocycles. The van der Waals surface area contributed by atoms with Gasteiger partial charge in [-0.1, -0.05) is 6.92 Å². The highest BCUT2D eigenvalue weighted by Gasteiger charge is 2.23. The number of ether oxygens (including phenoxy) is 1. The molecule has 0 unspecified atom stereocenters. The number of aryl methyl sites for hydroxylation is 1. The Kier molecular flexibility index (Phi) is 5.59. The van der Waals surface area contributed by atoms with E-state index in [-0.39, 0.29) is 36.4 Å². The van der Waals surface area contributed by atoms with Crippen molar-refractivity contribution < 1.29 is 22.3 Å². The number of halogens is 1. The number of rotatable bonds is 6. The molecule has 1 aliphatic heterocycles. The Hall–Kier alpha value is -1.97. The number of nitrogens with zero attached hydrogens (tertiary/aromatic N) is 1. The minimum absolute atomic E-state index is 0.0675. The van der Waals surface area contributed by atoms with Gasteiger partial charge in [-0.15, -0.1) is 11.3 Å². The highest BCUT2D eigenvalue weighted by atomic mass is 32.2. The first-order valence-electron chi connectivity index (χ1n) is 8.16. The highest BCUT2D eigenvalue weighted by molar-refractivity contribution is 7.91. The molecule has 0 atom stereocenters.